The maximum absolute atomic E-state index is 13.8. The number of carbonyl (C=O) groups excluding carboxylic acids is 1. The quantitative estimate of drug-likeness (QED) is 0.513. The molecule has 2 aliphatic heterocycles. The first-order valence-corrected chi connectivity index (χ1v) is 10.8. The number of hydrogen-bond donors (Lipinski definition) is 2. The molecule has 3 aromatic rings. The molecule has 2 N–H and O–H groups in total. The Balaban J connectivity index is 1.48. The summed E-state index contributed by atoms with van der Waals surface area (Å²) < 4.78 is 79.9. The van der Waals surface area contributed by atoms with Gasteiger partial charge >= 0.3 is 18.4 Å². The second-order valence-electron chi connectivity index (χ2n) is 8.90. The van der Waals surface area contributed by atoms with Crippen molar-refractivity contribution in [2.24, 2.45) is 5.92 Å². The van der Waals surface area contributed by atoms with E-state index in [1.54, 1.807) is 24.4 Å². The topological polar surface area (TPSA) is 77.2 Å². The standard InChI is InChI=1S/C22H20F6N6O/c1-11-4-12(2-3-29-11)19-14-5-13-7-34(20(35)30-16(13)6-17(14)31-32-19)18-9-33(10-21(23,24)25)8-15(18)22(26,27)28/h2-6,15,18H,7-10H2,1H3,(H,30,35)(H,31,32)/t15-,18-/m1/s1. The van der Waals surface area contributed by atoms with E-state index in [1.165, 1.54) is 0 Å². The van der Waals surface area contributed by atoms with E-state index >= 15 is 0 Å². The Bertz CT molecular complexity index is 1290. The summed E-state index contributed by atoms with van der Waals surface area (Å²) >= 11 is 0. The van der Waals surface area contributed by atoms with Crippen LogP contribution in [0.25, 0.3) is 22.2 Å². The average molecular weight is 498 g/mol. The molecule has 2 aromatic heterocycles. The van der Waals surface area contributed by atoms with Crippen LogP contribution in [0.15, 0.2) is 30.5 Å². The fourth-order valence-corrected chi connectivity index (χ4v) is 4.87. The molecule has 186 valence electrons. The molecule has 1 aromatic carbocycles. The zero-order valence-electron chi connectivity index (χ0n) is 18.3. The lowest BCUT2D eigenvalue weighted by Crippen LogP contribution is -2.51. The highest BCUT2D eigenvalue weighted by Crippen LogP contribution is 2.40. The van der Waals surface area contributed by atoms with Gasteiger partial charge in [0.2, 0.25) is 0 Å². The van der Waals surface area contributed by atoms with Gasteiger partial charge in [-0.3, -0.25) is 15.0 Å². The molecular weight excluding hydrogens is 478 g/mol. The Morgan fingerprint density at radius 2 is 1.89 bits per heavy atom. The number of likely N-dealkylation sites (tertiary alicyclic amines) is 1. The SMILES string of the molecule is Cc1cc(-c2n[nH]c3cc4c(cc23)CN([C@@H]2CN(CC(F)(F)F)C[C@H]2C(F)(F)F)C(=O)N4)ccn1. The molecule has 0 aliphatic carbocycles. The van der Waals surface area contributed by atoms with Gasteiger partial charge in [0.25, 0.3) is 0 Å². The summed E-state index contributed by atoms with van der Waals surface area (Å²) in [5.41, 5.74) is 3.75. The molecule has 4 heterocycles. The lowest BCUT2D eigenvalue weighted by Gasteiger charge is -2.37. The van der Waals surface area contributed by atoms with Crippen LogP contribution in [0, 0.1) is 12.8 Å². The highest BCUT2D eigenvalue weighted by Gasteiger charge is 2.54. The highest BCUT2D eigenvalue weighted by molar-refractivity contribution is 6.00. The number of halogens is 6. The van der Waals surface area contributed by atoms with E-state index in [2.05, 4.69) is 20.5 Å². The number of aryl methyl sites for hydroxylation is 1. The van der Waals surface area contributed by atoms with Gasteiger partial charge < -0.3 is 10.2 Å². The average Bonchev–Trinajstić information content (AvgIpc) is 3.34. The number of nitrogens with zero attached hydrogens (tertiary/aromatic N) is 4. The van der Waals surface area contributed by atoms with E-state index in [4.69, 9.17) is 0 Å². The Kier molecular flexibility index (Phi) is 5.42. The second-order valence-corrected chi connectivity index (χ2v) is 8.90. The second kappa shape index (κ2) is 8.11. The number of carbonyl (C=O) groups is 1. The van der Waals surface area contributed by atoms with Gasteiger partial charge in [0, 0.05) is 48.2 Å². The molecule has 1 fully saturated rings. The molecule has 7 nitrogen and oxygen atoms in total. The van der Waals surface area contributed by atoms with Crippen molar-refractivity contribution in [3.8, 4) is 11.3 Å². The van der Waals surface area contributed by atoms with Crippen molar-refractivity contribution in [1.29, 1.82) is 0 Å². The maximum atomic E-state index is 13.8. The molecule has 0 saturated carbocycles. The number of pyridine rings is 1. The molecule has 0 bridgehead atoms. The van der Waals surface area contributed by atoms with Crippen molar-refractivity contribution in [2.75, 3.05) is 25.0 Å². The monoisotopic (exact) mass is 498 g/mol. The van der Waals surface area contributed by atoms with Crippen LogP contribution in [-0.4, -0.2) is 69.0 Å². The number of amides is 2. The van der Waals surface area contributed by atoms with Crippen LogP contribution in [0.1, 0.15) is 11.3 Å². The first kappa shape index (κ1) is 23.4. The van der Waals surface area contributed by atoms with E-state index in [9.17, 15) is 31.1 Å². The predicted molar refractivity (Wildman–Crippen MR) is 114 cm³/mol. The maximum Gasteiger partial charge on any atom is 0.401 e. The summed E-state index contributed by atoms with van der Waals surface area (Å²) in [5, 5.41) is 10.5. The third-order valence-corrected chi connectivity index (χ3v) is 6.39. The summed E-state index contributed by atoms with van der Waals surface area (Å²) in [7, 11) is 0. The Morgan fingerprint density at radius 3 is 2.57 bits per heavy atom. The van der Waals surface area contributed by atoms with E-state index in [1.807, 2.05) is 13.0 Å². The molecule has 0 unspecified atom stereocenters. The number of aromatic amines is 1. The van der Waals surface area contributed by atoms with Crippen LogP contribution in [0.2, 0.25) is 0 Å². The lowest BCUT2D eigenvalue weighted by molar-refractivity contribution is -0.183. The predicted octanol–water partition coefficient (Wildman–Crippen LogP) is 4.71. The molecule has 35 heavy (non-hydrogen) atoms. The molecule has 13 heteroatoms. The van der Waals surface area contributed by atoms with Crippen LogP contribution in [0.3, 0.4) is 0 Å². The number of H-pyrrole nitrogens is 1. The Hall–Kier alpha value is -3.35. The lowest BCUT2D eigenvalue weighted by atomic mass is 9.98. The normalized spacial score (nSPS) is 21.5. The van der Waals surface area contributed by atoms with E-state index in [0.717, 1.165) is 16.2 Å². The fraction of sp³-hybridized carbons (Fsp3) is 0.409. The Morgan fingerprint density at radius 1 is 1.11 bits per heavy atom. The largest absolute Gasteiger partial charge is 0.401 e. The molecule has 2 amide bonds. The number of anilines is 1. The number of aromatic nitrogens is 3. The van der Waals surface area contributed by atoms with E-state index < -0.39 is 50.0 Å². The van der Waals surface area contributed by atoms with Crippen molar-refractivity contribution >= 4 is 22.6 Å². The van der Waals surface area contributed by atoms with Crippen LogP contribution in [0.4, 0.5) is 36.8 Å². The van der Waals surface area contributed by atoms with Crippen molar-refractivity contribution in [1.82, 2.24) is 25.0 Å². The molecule has 2 aliphatic rings. The number of alkyl halides is 6. The molecule has 0 spiro atoms. The third kappa shape index (κ3) is 4.51. The van der Waals surface area contributed by atoms with Crippen molar-refractivity contribution in [2.45, 2.75) is 31.9 Å². The summed E-state index contributed by atoms with van der Waals surface area (Å²) in [4.78, 5) is 18.6. The van der Waals surface area contributed by atoms with Crippen LogP contribution in [0.5, 0.6) is 0 Å². The van der Waals surface area contributed by atoms with Gasteiger partial charge in [0.05, 0.1) is 24.0 Å². The zero-order chi connectivity index (χ0) is 25.1. The van der Waals surface area contributed by atoms with Gasteiger partial charge in [-0.25, -0.2) is 4.79 Å². The number of hydrogen-bond acceptors (Lipinski definition) is 4. The molecule has 5 rings (SSSR count). The number of urea groups is 1. The van der Waals surface area contributed by atoms with Gasteiger partial charge in [-0.2, -0.15) is 31.4 Å². The van der Waals surface area contributed by atoms with Crippen LogP contribution >= 0.6 is 0 Å². The minimum atomic E-state index is -4.76. The molecule has 0 radical (unpaired) electrons. The first-order valence-electron chi connectivity index (χ1n) is 10.8. The van der Waals surface area contributed by atoms with E-state index in [-0.39, 0.29) is 6.54 Å². The van der Waals surface area contributed by atoms with Crippen molar-refractivity contribution in [3.05, 3.63) is 41.7 Å². The summed E-state index contributed by atoms with van der Waals surface area (Å²) in [5.74, 6) is -2.09. The van der Waals surface area contributed by atoms with Gasteiger partial charge in [0.15, 0.2) is 0 Å². The van der Waals surface area contributed by atoms with Crippen LogP contribution in [-0.2, 0) is 6.54 Å². The van der Waals surface area contributed by atoms with Gasteiger partial charge in [0.1, 0.15) is 5.69 Å². The van der Waals surface area contributed by atoms with E-state index in [0.29, 0.717) is 32.7 Å². The summed E-state index contributed by atoms with van der Waals surface area (Å²) in [6.45, 7) is -1.16. The third-order valence-electron chi connectivity index (χ3n) is 6.39. The minimum Gasteiger partial charge on any atom is -0.315 e. The fourth-order valence-electron chi connectivity index (χ4n) is 4.87. The number of benzene rings is 1. The number of fused-ring (bicyclic) bond motifs is 2. The Labute approximate surface area is 195 Å². The highest BCUT2D eigenvalue weighted by atomic mass is 19.4. The molecule has 2 atom stereocenters. The van der Waals surface area contributed by atoms with Crippen LogP contribution < -0.4 is 5.32 Å². The van der Waals surface area contributed by atoms with Crippen molar-refractivity contribution < 1.29 is 31.1 Å². The van der Waals surface area contributed by atoms with Gasteiger partial charge in [-0.15, -0.1) is 0 Å². The molecular formula is C22H20F6N6O. The first-order chi connectivity index (χ1) is 16.4. The van der Waals surface area contributed by atoms with Gasteiger partial charge in [-0.05, 0) is 36.8 Å². The molecule has 1 saturated heterocycles. The van der Waals surface area contributed by atoms with Crippen molar-refractivity contribution in [3.63, 3.8) is 0 Å². The smallest absolute Gasteiger partial charge is 0.315 e. The zero-order valence-corrected chi connectivity index (χ0v) is 18.3. The summed E-state index contributed by atoms with van der Waals surface area (Å²) in [6, 6.07) is 4.76. The number of rotatable bonds is 3. The minimum absolute atomic E-state index is 0.172. The number of nitrogens with one attached hydrogen (secondary N) is 2. The van der Waals surface area contributed by atoms with Gasteiger partial charge in [-0.1, -0.05) is 0 Å². The summed E-state index contributed by atoms with van der Waals surface area (Å²) in [6.07, 6.45) is -7.77.